The van der Waals surface area contributed by atoms with Crippen LogP contribution >= 0.6 is 24.0 Å². The molecule has 1 aromatic carbocycles. The van der Waals surface area contributed by atoms with Crippen molar-refractivity contribution < 1.29 is 4.79 Å². The predicted molar refractivity (Wildman–Crippen MR) is 73.3 cm³/mol. The van der Waals surface area contributed by atoms with Crippen LogP contribution in [-0.2, 0) is 0 Å². The number of Topliss-reactive ketones (excluding diaryl/α,β-unsaturated/α-hetero) is 1. The molecule has 94 valence electrons. The van der Waals surface area contributed by atoms with Gasteiger partial charge in [-0.3, -0.25) is 9.69 Å². The minimum atomic E-state index is 0. The molecular weight excluding hydrogens is 257 g/mol. The maximum Gasteiger partial charge on any atom is 0.176 e. The normalized spacial score (nSPS) is 16.3. The summed E-state index contributed by atoms with van der Waals surface area (Å²) in [7, 11) is 0. The smallest absolute Gasteiger partial charge is 0.176 e. The monoisotopic (exact) mass is 273 g/mol. The van der Waals surface area contributed by atoms with Crippen LogP contribution in [0.15, 0.2) is 24.3 Å². The summed E-state index contributed by atoms with van der Waals surface area (Å²) in [5, 5.41) is 0.675. The van der Waals surface area contributed by atoms with Crippen molar-refractivity contribution in [2.24, 2.45) is 0 Å². The molecule has 1 aliphatic heterocycles. The number of carbonyl (C=O) groups is 1. The van der Waals surface area contributed by atoms with E-state index in [4.69, 9.17) is 11.6 Å². The van der Waals surface area contributed by atoms with Crippen molar-refractivity contribution >= 4 is 29.8 Å². The molecule has 4 heteroatoms. The van der Waals surface area contributed by atoms with Gasteiger partial charge < -0.3 is 0 Å². The van der Waals surface area contributed by atoms with Gasteiger partial charge in [-0.2, -0.15) is 0 Å². The summed E-state index contributed by atoms with van der Waals surface area (Å²) in [4.78, 5) is 14.2. The molecule has 2 rings (SSSR count). The van der Waals surface area contributed by atoms with E-state index in [1.165, 1.54) is 19.3 Å². The highest BCUT2D eigenvalue weighted by Crippen LogP contribution is 2.12. The van der Waals surface area contributed by atoms with Crippen molar-refractivity contribution in [2.45, 2.75) is 19.3 Å². The molecule has 0 saturated carbocycles. The van der Waals surface area contributed by atoms with Gasteiger partial charge in [-0.25, -0.2) is 0 Å². The lowest BCUT2D eigenvalue weighted by atomic mass is 10.1. The maximum atomic E-state index is 11.9. The topological polar surface area (TPSA) is 20.3 Å². The van der Waals surface area contributed by atoms with Crippen LogP contribution in [0.5, 0.6) is 0 Å². The first-order chi connectivity index (χ1) is 7.75. The molecule has 0 bridgehead atoms. The van der Waals surface area contributed by atoms with E-state index in [2.05, 4.69) is 4.90 Å². The molecule has 0 N–H and O–H groups in total. The Morgan fingerprint density at radius 1 is 1.12 bits per heavy atom. The molecule has 1 saturated heterocycles. The molecule has 0 aromatic heterocycles. The molecule has 17 heavy (non-hydrogen) atoms. The van der Waals surface area contributed by atoms with E-state index >= 15 is 0 Å². The van der Waals surface area contributed by atoms with E-state index in [1.54, 1.807) is 24.3 Å². The molecule has 2 nitrogen and oxygen atoms in total. The summed E-state index contributed by atoms with van der Waals surface area (Å²) >= 11 is 5.79. The second kappa shape index (κ2) is 7.00. The third-order valence-electron chi connectivity index (χ3n) is 2.98. The van der Waals surface area contributed by atoms with Gasteiger partial charge >= 0.3 is 0 Å². The van der Waals surface area contributed by atoms with Crippen LogP contribution in [-0.4, -0.2) is 30.3 Å². The summed E-state index contributed by atoms with van der Waals surface area (Å²) in [5.41, 5.74) is 0.759. The fraction of sp³-hybridized carbons (Fsp3) is 0.462. The van der Waals surface area contributed by atoms with Crippen LogP contribution in [0.2, 0.25) is 5.02 Å². The van der Waals surface area contributed by atoms with Crippen molar-refractivity contribution in [3.63, 3.8) is 0 Å². The van der Waals surface area contributed by atoms with Crippen LogP contribution in [0, 0.1) is 0 Å². The first-order valence-electron chi connectivity index (χ1n) is 5.77. The van der Waals surface area contributed by atoms with Crippen LogP contribution in [0.4, 0.5) is 0 Å². The molecule has 0 atom stereocenters. The van der Waals surface area contributed by atoms with Crippen LogP contribution in [0.1, 0.15) is 29.6 Å². The summed E-state index contributed by atoms with van der Waals surface area (Å²) in [6, 6.07) is 7.14. The Balaban J connectivity index is 0.00000144. The molecule has 0 radical (unpaired) electrons. The Morgan fingerprint density at radius 2 is 1.71 bits per heavy atom. The number of halogens is 2. The second-order valence-corrected chi connectivity index (χ2v) is 4.70. The molecular formula is C13H17Cl2NO. The molecule has 0 unspecified atom stereocenters. The summed E-state index contributed by atoms with van der Waals surface area (Å²) in [6.45, 7) is 2.65. The van der Waals surface area contributed by atoms with Crippen LogP contribution < -0.4 is 0 Å². The second-order valence-electron chi connectivity index (χ2n) is 4.27. The fourth-order valence-corrected chi connectivity index (χ4v) is 2.17. The van der Waals surface area contributed by atoms with Gasteiger partial charge in [-0.15, -0.1) is 12.4 Å². The average molecular weight is 274 g/mol. The van der Waals surface area contributed by atoms with E-state index in [0.29, 0.717) is 11.6 Å². The molecule has 0 spiro atoms. The first-order valence-corrected chi connectivity index (χ1v) is 6.14. The van der Waals surface area contributed by atoms with E-state index in [-0.39, 0.29) is 18.2 Å². The van der Waals surface area contributed by atoms with Gasteiger partial charge in [0.05, 0.1) is 6.54 Å². The van der Waals surface area contributed by atoms with E-state index in [1.807, 2.05) is 0 Å². The Labute approximate surface area is 113 Å². The third-order valence-corrected chi connectivity index (χ3v) is 3.23. The average Bonchev–Trinajstić information content (AvgIpc) is 2.31. The molecule has 0 aliphatic carbocycles. The minimum Gasteiger partial charge on any atom is -0.296 e. The zero-order valence-electron chi connectivity index (χ0n) is 9.69. The standard InChI is InChI=1S/C13H16ClNO.ClH/c14-12-6-4-11(5-7-12)13(16)10-15-8-2-1-3-9-15;/h4-7H,1-3,8-10H2;1H. The fourth-order valence-electron chi connectivity index (χ4n) is 2.05. The number of nitrogens with zero attached hydrogens (tertiary/aromatic N) is 1. The molecule has 1 aliphatic rings. The number of rotatable bonds is 3. The van der Waals surface area contributed by atoms with E-state index in [9.17, 15) is 4.79 Å². The zero-order chi connectivity index (χ0) is 11.4. The Kier molecular flexibility index (Phi) is 5.96. The van der Waals surface area contributed by atoms with Gasteiger partial charge in [-0.1, -0.05) is 18.0 Å². The van der Waals surface area contributed by atoms with Crippen molar-refractivity contribution in [1.29, 1.82) is 0 Å². The van der Waals surface area contributed by atoms with Crippen molar-refractivity contribution in [2.75, 3.05) is 19.6 Å². The SMILES string of the molecule is Cl.O=C(CN1CCCCC1)c1ccc(Cl)cc1. The number of hydrogen-bond donors (Lipinski definition) is 0. The Hall–Kier alpha value is -0.570. The van der Waals surface area contributed by atoms with Gasteiger partial charge in [0.15, 0.2) is 5.78 Å². The summed E-state index contributed by atoms with van der Waals surface area (Å²) in [5.74, 6) is 0.193. The van der Waals surface area contributed by atoms with Crippen LogP contribution in [0.25, 0.3) is 0 Å². The largest absolute Gasteiger partial charge is 0.296 e. The Morgan fingerprint density at radius 3 is 2.29 bits per heavy atom. The lowest BCUT2D eigenvalue weighted by Gasteiger charge is -2.25. The van der Waals surface area contributed by atoms with Gasteiger partial charge in [-0.05, 0) is 50.2 Å². The zero-order valence-corrected chi connectivity index (χ0v) is 11.3. The number of ketones is 1. The van der Waals surface area contributed by atoms with Gasteiger partial charge in [0.1, 0.15) is 0 Å². The molecule has 1 fully saturated rings. The lowest BCUT2D eigenvalue weighted by Crippen LogP contribution is -2.34. The van der Waals surface area contributed by atoms with Gasteiger partial charge in [0.2, 0.25) is 0 Å². The van der Waals surface area contributed by atoms with E-state index in [0.717, 1.165) is 18.7 Å². The molecule has 1 heterocycles. The van der Waals surface area contributed by atoms with E-state index < -0.39 is 0 Å². The highest BCUT2D eigenvalue weighted by atomic mass is 35.5. The number of likely N-dealkylation sites (tertiary alicyclic amines) is 1. The van der Waals surface area contributed by atoms with Gasteiger partial charge in [0.25, 0.3) is 0 Å². The minimum absolute atomic E-state index is 0. The van der Waals surface area contributed by atoms with Crippen LogP contribution in [0.3, 0.4) is 0 Å². The number of carbonyl (C=O) groups excluding carboxylic acids is 1. The van der Waals surface area contributed by atoms with Crippen molar-refractivity contribution in [3.8, 4) is 0 Å². The highest BCUT2D eigenvalue weighted by Gasteiger charge is 2.14. The number of piperidine rings is 1. The quantitative estimate of drug-likeness (QED) is 0.787. The predicted octanol–water partition coefficient (Wildman–Crippen LogP) is 3.43. The highest BCUT2D eigenvalue weighted by molar-refractivity contribution is 6.30. The van der Waals surface area contributed by atoms with Crippen molar-refractivity contribution in [1.82, 2.24) is 4.90 Å². The summed E-state index contributed by atoms with van der Waals surface area (Å²) in [6.07, 6.45) is 3.73. The Bertz CT molecular complexity index is 358. The maximum absolute atomic E-state index is 11.9. The van der Waals surface area contributed by atoms with Gasteiger partial charge in [0, 0.05) is 10.6 Å². The summed E-state index contributed by atoms with van der Waals surface area (Å²) < 4.78 is 0. The lowest BCUT2D eigenvalue weighted by molar-refractivity contribution is 0.0915. The molecule has 0 amide bonds. The molecule has 1 aromatic rings. The third kappa shape index (κ3) is 4.30. The first kappa shape index (κ1) is 14.5. The number of benzene rings is 1. The number of hydrogen-bond acceptors (Lipinski definition) is 2. The van der Waals surface area contributed by atoms with Crippen molar-refractivity contribution in [3.05, 3.63) is 34.9 Å².